The SMILES string of the molecule is CC/C=C\CCCCCCCC/C=C\CCCCCCCCCC(C)CCCCCCCC. The van der Waals surface area contributed by atoms with Crippen molar-refractivity contribution >= 4 is 0 Å². The number of unbranched alkanes of at least 4 members (excludes halogenated alkanes) is 19. The first-order chi connectivity index (χ1) is 16.3. The lowest BCUT2D eigenvalue weighted by molar-refractivity contribution is 0.431. The molecule has 0 aliphatic carbocycles. The van der Waals surface area contributed by atoms with Crippen LogP contribution < -0.4 is 0 Å². The molecule has 0 heteroatoms. The maximum Gasteiger partial charge on any atom is -0.0351 e. The first-order valence-electron chi connectivity index (χ1n) is 15.6. The van der Waals surface area contributed by atoms with Crippen molar-refractivity contribution in [3.8, 4) is 0 Å². The Morgan fingerprint density at radius 3 is 1.12 bits per heavy atom. The number of hydrogen-bond donors (Lipinski definition) is 0. The van der Waals surface area contributed by atoms with E-state index in [0.717, 1.165) is 5.92 Å². The Balaban J connectivity index is 3.18. The second-order valence-corrected chi connectivity index (χ2v) is 10.8. The topological polar surface area (TPSA) is 0 Å². The van der Waals surface area contributed by atoms with Crippen LogP contribution >= 0.6 is 0 Å². The molecule has 0 amide bonds. The maximum absolute atomic E-state index is 2.48. The molecule has 1 unspecified atom stereocenters. The van der Waals surface area contributed by atoms with Gasteiger partial charge in [-0.2, -0.15) is 0 Å². The van der Waals surface area contributed by atoms with Crippen molar-refractivity contribution < 1.29 is 0 Å². The van der Waals surface area contributed by atoms with Gasteiger partial charge < -0.3 is 0 Å². The molecule has 0 saturated heterocycles. The average Bonchev–Trinajstić information content (AvgIpc) is 2.82. The van der Waals surface area contributed by atoms with Crippen LogP contribution in [0, 0.1) is 5.92 Å². The quantitative estimate of drug-likeness (QED) is 0.0844. The smallest absolute Gasteiger partial charge is 0.0351 e. The van der Waals surface area contributed by atoms with Crippen molar-refractivity contribution in [3.63, 3.8) is 0 Å². The van der Waals surface area contributed by atoms with Crippen LogP contribution in [-0.4, -0.2) is 0 Å². The van der Waals surface area contributed by atoms with Gasteiger partial charge in [0.25, 0.3) is 0 Å². The first kappa shape index (κ1) is 32.5. The zero-order chi connectivity index (χ0) is 24.1. The Labute approximate surface area is 211 Å². The van der Waals surface area contributed by atoms with E-state index >= 15 is 0 Å². The molecule has 0 aromatic heterocycles. The van der Waals surface area contributed by atoms with Crippen molar-refractivity contribution in [2.75, 3.05) is 0 Å². The molecule has 33 heavy (non-hydrogen) atoms. The molecule has 0 spiro atoms. The molecule has 196 valence electrons. The van der Waals surface area contributed by atoms with Crippen molar-refractivity contribution in [3.05, 3.63) is 24.3 Å². The molecule has 0 aliphatic heterocycles. The monoisotopic (exact) mass is 461 g/mol. The lowest BCUT2D eigenvalue weighted by Gasteiger charge is -2.11. The summed E-state index contributed by atoms with van der Waals surface area (Å²) in [4.78, 5) is 0. The van der Waals surface area contributed by atoms with Gasteiger partial charge in [0.2, 0.25) is 0 Å². The zero-order valence-electron chi connectivity index (χ0n) is 23.6. The number of allylic oxidation sites excluding steroid dienone is 4. The highest BCUT2D eigenvalue weighted by atomic mass is 14.1. The highest BCUT2D eigenvalue weighted by Gasteiger charge is 2.02. The highest BCUT2D eigenvalue weighted by molar-refractivity contribution is 4.81. The molecule has 0 heterocycles. The van der Waals surface area contributed by atoms with Gasteiger partial charge in [0.1, 0.15) is 0 Å². The van der Waals surface area contributed by atoms with Gasteiger partial charge in [-0.25, -0.2) is 0 Å². The van der Waals surface area contributed by atoms with E-state index in [0.29, 0.717) is 0 Å². The normalized spacial score (nSPS) is 12.9. The average molecular weight is 461 g/mol. The van der Waals surface area contributed by atoms with Crippen LogP contribution in [0.3, 0.4) is 0 Å². The van der Waals surface area contributed by atoms with Gasteiger partial charge in [-0.15, -0.1) is 0 Å². The molecule has 0 saturated carbocycles. The molecule has 0 rings (SSSR count). The Morgan fingerprint density at radius 1 is 0.394 bits per heavy atom. The van der Waals surface area contributed by atoms with E-state index in [9.17, 15) is 0 Å². The van der Waals surface area contributed by atoms with Gasteiger partial charge in [-0.05, 0) is 50.9 Å². The van der Waals surface area contributed by atoms with E-state index in [-0.39, 0.29) is 0 Å². The minimum Gasteiger partial charge on any atom is -0.0888 e. The Morgan fingerprint density at radius 2 is 0.727 bits per heavy atom. The molecular weight excluding hydrogens is 396 g/mol. The maximum atomic E-state index is 2.48. The van der Waals surface area contributed by atoms with E-state index < -0.39 is 0 Å². The summed E-state index contributed by atoms with van der Waals surface area (Å²) in [6, 6.07) is 0. The Kier molecular flexibility index (Phi) is 29.0. The number of rotatable bonds is 27. The van der Waals surface area contributed by atoms with Crippen LogP contribution in [0.5, 0.6) is 0 Å². The van der Waals surface area contributed by atoms with Gasteiger partial charge in [-0.1, -0.05) is 161 Å². The third-order valence-corrected chi connectivity index (χ3v) is 7.18. The molecule has 0 radical (unpaired) electrons. The van der Waals surface area contributed by atoms with Gasteiger partial charge in [0.15, 0.2) is 0 Å². The van der Waals surface area contributed by atoms with Crippen LogP contribution in [-0.2, 0) is 0 Å². The van der Waals surface area contributed by atoms with E-state index in [2.05, 4.69) is 45.1 Å². The van der Waals surface area contributed by atoms with Crippen molar-refractivity contribution in [1.82, 2.24) is 0 Å². The third-order valence-electron chi connectivity index (χ3n) is 7.18. The molecule has 0 fully saturated rings. The Bertz CT molecular complexity index is 391. The third kappa shape index (κ3) is 29.4. The fraction of sp³-hybridized carbons (Fsp3) is 0.879. The summed E-state index contributed by atoms with van der Waals surface area (Å²) in [5.41, 5.74) is 0. The van der Waals surface area contributed by atoms with E-state index in [1.165, 1.54) is 161 Å². The molecule has 0 N–H and O–H groups in total. The molecule has 0 bridgehead atoms. The lowest BCUT2D eigenvalue weighted by atomic mass is 9.96. The Hall–Kier alpha value is -0.520. The summed E-state index contributed by atoms with van der Waals surface area (Å²) >= 11 is 0. The predicted molar refractivity (Wildman–Crippen MR) is 154 cm³/mol. The van der Waals surface area contributed by atoms with E-state index in [4.69, 9.17) is 0 Å². The summed E-state index contributed by atoms with van der Waals surface area (Å²) in [5, 5.41) is 0. The van der Waals surface area contributed by atoms with Crippen LogP contribution in [0.25, 0.3) is 0 Å². The second-order valence-electron chi connectivity index (χ2n) is 10.8. The summed E-state index contributed by atoms with van der Waals surface area (Å²) in [5.74, 6) is 0.959. The fourth-order valence-electron chi connectivity index (χ4n) is 4.81. The second kappa shape index (κ2) is 29.5. The zero-order valence-corrected chi connectivity index (χ0v) is 23.6. The molecule has 1 atom stereocenters. The van der Waals surface area contributed by atoms with Crippen LogP contribution in [0.2, 0.25) is 0 Å². The molecular formula is C33H64. The minimum absolute atomic E-state index is 0.959. The number of hydrogen-bond acceptors (Lipinski definition) is 0. The van der Waals surface area contributed by atoms with Gasteiger partial charge in [0.05, 0.1) is 0 Å². The van der Waals surface area contributed by atoms with Crippen LogP contribution in [0.1, 0.15) is 181 Å². The van der Waals surface area contributed by atoms with Crippen molar-refractivity contribution in [2.24, 2.45) is 5.92 Å². The fourth-order valence-corrected chi connectivity index (χ4v) is 4.81. The summed E-state index contributed by atoms with van der Waals surface area (Å²) in [6.07, 6.45) is 44.9. The highest BCUT2D eigenvalue weighted by Crippen LogP contribution is 2.19. The molecule has 0 aliphatic rings. The predicted octanol–water partition coefficient (Wildman–Crippen LogP) is 12.5. The van der Waals surface area contributed by atoms with Gasteiger partial charge in [-0.3, -0.25) is 0 Å². The largest absolute Gasteiger partial charge is 0.0888 e. The van der Waals surface area contributed by atoms with E-state index in [1.54, 1.807) is 0 Å². The van der Waals surface area contributed by atoms with Crippen LogP contribution in [0.4, 0.5) is 0 Å². The van der Waals surface area contributed by atoms with Crippen molar-refractivity contribution in [1.29, 1.82) is 0 Å². The standard InChI is InChI=1S/C33H64/c1-4-6-8-10-12-13-14-15-16-17-18-19-20-21-22-23-24-25-26-28-30-32-33(3)31-29-27-11-9-7-5-2/h6,8,19-20,33H,4-5,7,9-18,21-32H2,1-3H3/b8-6-,20-19-. The van der Waals surface area contributed by atoms with Crippen LogP contribution in [0.15, 0.2) is 24.3 Å². The lowest BCUT2D eigenvalue weighted by Crippen LogP contribution is -1.95. The van der Waals surface area contributed by atoms with Gasteiger partial charge >= 0.3 is 0 Å². The first-order valence-corrected chi connectivity index (χ1v) is 15.6. The van der Waals surface area contributed by atoms with Crippen molar-refractivity contribution in [2.45, 2.75) is 181 Å². The molecule has 0 aromatic rings. The molecule has 0 nitrogen and oxygen atoms in total. The summed E-state index contributed by atoms with van der Waals surface area (Å²) in [7, 11) is 0. The summed E-state index contributed by atoms with van der Waals surface area (Å²) in [6.45, 7) is 7.00. The summed E-state index contributed by atoms with van der Waals surface area (Å²) < 4.78 is 0. The minimum atomic E-state index is 0.959. The van der Waals surface area contributed by atoms with Gasteiger partial charge in [0, 0.05) is 0 Å². The molecule has 0 aromatic carbocycles. The van der Waals surface area contributed by atoms with E-state index in [1.807, 2.05) is 0 Å².